The molecule has 0 aliphatic carbocycles. The Bertz CT molecular complexity index is 1410. The van der Waals surface area contributed by atoms with Crippen molar-refractivity contribution in [2.75, 3.05) is 0 Å². The van der Waals surface area contributed by atoms with E-state index in [0.717, 1.165) is 16.0 Å². The predicted octanol–water partition coefficient (Wildman–Crippen LogP) is 7.25. The lowest BCUT2D eigenvalue weighted by molar-refractivity contribution is 0.418. The van der Waals surface area contributed by atoms with Crippen molar-refractivity contribution in [3.8, 4) is 11.5 Å². The maximum atomic E-state index is 6.86. The first-order valence-electron chi connectivity index (χ1n) is 12.8. The lowest BCUT2D eigenvalue weighted by atomic mass is 9.33. The molecule has 0 unspecified atom stereocenters. The van der Waals surface area contributed by atoms with Gasteiger partial charge >= 0.3 is 0 Å². The molecule has 0 atom stereocenters. The van der Waals surface area contributed by atoms with E-state index >= 15 is 0 Å². The Morgan fingerprint density at radius 3 is 1.58 bits per heavy atom. The molecular formula is C33H34BBrO. The van der Waals surface area contributed by atoms with Crippen LogP contribution in [0.4, 0.5) is 0 Å². The molecule has 0 spiro atoms. The highest BCUT2D eigenvalue weighted by Crippen LogP contribution is 2.49. The first-order chi connectivity index (χ1) is 17.0. The van der Waals surface area contributed by atoms with Gasteiger partial charge in [-0.2, -0.15) is 0 Å². The fourth-order valence-electron chi connectivity index (χ4n) is 6.49. The Hall–Kier alpha value is -2.78. The molecule has 0 saturated carbocycles. The zero-order valence-corrected chi connectivity index (χ0v) is 24.2. The van der Waals surface area contributed by atoms with Crippen molar-refractivity contribution in [3.05, 3.63) is 110 Å². The minimum absolute atomic E-state index is 0.0704. The average Bonchev–Trinajstić information content (AvgIpc) is 2.77. The van der Waals surface area contributed by atoms with Gasteiger partial charge in [0.05, 0.1) is 4.47 Å². The maximum absolute atomic E-state index is 6.86. The third-order valence-electron chi connectivity index (χ3n) is 7.93. The fraction of sp³-hybridized carbons (Fsp3) is 0.273. The molecule has 0 saturated heterocycles. The van der Waals surface area contributed by atoms with E-state index in [4.69, 9.17) is 4.74 Å². The van der Waals surface area contributed by atoms with Crippen LogP contribution in [-0.4, -0.2) is 6.71 Å². The van der Waals surface area contributed by atoms with Crippen molar-refractivity contribution in [2.24, 2.45) is 0 Å². The highest BCUT2D eigenvalue weighted by atomic mass is 79.9. The van der Waals surface area contributed by atoms with Crippen LogP contribution in [0.2, 0.25) is 0 Å². The molecule has 3 heteroatoms. The molecule has 0 radical (unpaired) electrons. The van der Waals surface area contributed by atoms with Gasteiger partial charge in [0.15, 0.2) is 0 Å². The highest BCUT2D eigenvalue weighted by molar-refractivity contribution is 9.10. The van der Waals surface area contributed by atoms with Crippen LogP contribution >= 0.6 is 15.9 Å². The average molecular weight is 537 g/mol. The molecule has 0 bridgehead atoms. The van der Waals surface area contributed by atoms with Crippen molar-refractivity contribution < 1.29 is 4.74 Å². The number of para-hydroxylation sites is 2. The summed E-state index contributed by atoms with van der Waals surface area (Å²) in [5, 5.41) is 0. The van der Waals surface area contributed by atoms with Crippen LogP contribution in [-0.2, 0) is 5.41 Å². The number of fused-ring (bicyclic) bond motifs is 2. The molecule has 4 aromatic rings. The number of aryl methyl sites for hydroxylation is 6. The van der Waals surface area contributed by atoms with E-state index < -0.39 is 0 Å². The van der Waals surface area contributed by atoms with Crippen LogP contribution in [0.1, 0.15) is 58.4 Å². The van der Waals surface area contributed by atoms with Gasteiger partial charge in [0, 0.05) is 16.5 Å². The van der Waals surface area contributed by atoms with Gasteiger partial charge in [-0.25, -0.2) is 0 Å². The van der Waals surface area contributed by atoms with Crippen molar-refractivity contribution in [1.29, 1.82) is 0 Å². The second kappa shape index (κ2) is 8.96. The van der Waals surface area contributed by atoms with Gasteiger partial charge in [0.2, 0.25) is 6.71 Å². The number of benzene rings is 4. The third-order valence-corrected chi connectivity index (χ3v) is 8.55. The second-order valence-electron chi connectivity index (χ2n) is 11.1. The molecule has 0 N–H and O–H groups in total. The van der Waals surface area contributed by atoms with Gasteiger partial charge in [-0.05, 0) is 69.0 Å². The number of rotatable bonds is 3. The molecule has 1 aliphatic heterocycles. The number of hydrogen-bond donors (Lipinski definition) is 0. The van der Waals surface area contributed by atoms with Crippen molar-refractivity contribution in [3.63, 3.8) is 0 Å². The first kappa shape index (κ1) is 24.9. The molecule has 182 valence electrons. The van der Waals surface area contributed by atoms with Gasteiger partial charge in [-0.15, -0.1) is 0 Å². The molecular weight excluding hydrogens is 503 g/mol. The molecule has 0 aromatic heterocycles. The Labute approximate surface area is 225 Å². The molecule has 1 nitrogen and oxygen atoms in total. The molecule has 0 fully saturated rings. The standard InChI is InChI=1S/C33H34BBrO/c1-19-15-21(3)29(22(4)16-19)34(30-23(5)17-20(2)18-24(30)6)27-13-9-11-25-31(27)36-32-26(33(25,7)8)12-10-14-28(32)35/h9-18H,1-8H3. The summed E-state index contributed by atoms with van der Waals surface area (Å²) in [6.45, 7) is 18.1. The van der Waals surface area contributed by atoms with Crippen LogP contribution < -0.4 is 21.1 Å². The van der Waals surface area contributed by atoms with E-state index in [1.807, 2.05) is 0 Å². The Balaban J connectivity index is 1.86. The van der Waals surface area contributed by atoms with Crippen LogP contribution in [0.5, 0.6) is 11.5 Å². The second-order valence-corrected chi connectivity index (χ2v) is 12.0. The predicted molar refractivity (Wildman–Crippen MR) is 159 cm³/mol. The van der Waals surface area contributed by atoms with Gasteiger partial charge in [0.25, 0.3) is 0 Å². The third kappa shape index (κ3) is 3.93. The summed E-state index contributed by atoms with van der Waals surface area (Å²) in [4.78, 5) is 0. The highest BCUT2D eigenvalue weighted by Gasteiger charge is 2.39. The summed E-state index contributed by atoms with van der Waals surface area (Å²) >= 11 is 3.77. The van der Waals surface area contributed by atoms with Crippen molar-refractivity contribution >= 4 is 39.0 Å². The molecule has 36 heavy (non-hydrogen) atoms. The van der Waals surface area contributed by atoms with E-state index in [2.05, 4.69) is 132 Å². The van der Waals surface area contributed by atoms with Gasteiger partial charge in [-0.3, -0.25) is 0 Å². The number of hydrogen-bond acceptors (Lipinski definition) is 1. The van der Waals surface area contributed by atoms with Crippen LogP contribution in [0, 0.1) is 41.5 Å². The topological polar surface area (TPSA) is 9.23 Å². The Morgan fingerprint density at radius 1 is 0.639 bits per heavy atom. The summed E-state index contributed by atoms with van der Waals surface area (Å²) in [5.41, 5.74) is 14.2. The van der Waals surface area contributed by atoms with E-state index in [1.165, 1.54) is 60.9 Å². The van der Waals surface area contributed by atoms with E-state index in [-0.39, 0.29) is 12.1 Å². The van der Waals surface area contributed by atoms with Crippen LogP contribution in [0.25, 0.3) is 0 Å². The normalized spacial score (nSPS) is 13.6. The van der Waals surface area contributed by atoms with Gasteiger partial charge < -0.3 is 4.74 Å². The van der Waals surface area contributed by atoms with E-state index in [9.17, 15) is 0 Å². The lowest BCUT2D eigenvalue weighted by Gasteiger charge is -2.37. The van der Waals surface area contributed by atoms with E-state index in [1.54, 1.807) is 0 Å². The largest absolute Gasteiger partial charge is 0.456 e. The summed E-state index contributed by atoms with van der Waals surface area (Å²) in [6, 6.07) is 22.4. The molecule has 0 amide bonds. The minimum Gasteiger partial charge on any atom is -0.456 e. The summed E-state index contributed by atoms with van der Waals surface area (Å²) in [5.74, 6) is 1.92. The first-order valence-corrected chi connectivity index (χ1v) is 13.6. The smallest absolute Gasteiger partial charge is 0.247 e. The fourth-order valence-corrected chi connectivity index (χ4v) is 6.94. The molecule has 5 rings (SSSR count). The molecule has 1 heterocycles. The Morgan fingerprint density at radius 2 is 1.08 bits per heavy atom. The maximum Gasteiger partial charge on any atom is 0.247 e. The Kier molecular flexibility index (Phi) is 6.20. The van der Waals surface area contributed by atoms with E-state index in [0.29, 0.717) is 0 Å². The quantitative estimate of drug-likeness (QED) is 0.250. The van der Waals surface area contributed by atoms with Gasteiger partial charge in [0.1, 0.15) is 11.5 Å². The van der Waals surface area contributed by atoms with Crippen LogP contribution in [0.15, 0.2) is 65.1 Å². The zero-order chi connectivity index (χ0) is 25.9. The lowest BCUT2D eigenvalue weighted by Crippen LogP contribution is -2.56. The summed E-state index contributed by atoms with van der Waals surface area (Å²) in [7, 11) is 0. The monoisotopic (exact) mass is 536 g/mol. The van der Waals surface area contributed by atoms with Crippen LogP contribution in [0.3, 0.4) is 0 Å². The molecule has 4 aromatic carbocycles. The summed E-state index contributed by atoms with van der Waals surface area (Å²) < 4.78 is 7.85. The van der Waals surface area contributed by atoms with Crippen molar-refractivity contribution in [2.45, 2.75) is 60.8 Å². The number of halogens is 1. The molecule has 1 aliphatic rings. The van der Waals surface area contributed by atoms with Gasteiger partial charge in [-0.1, -0.05) is 113 Å². The SMILES string of the molecule is Cc1cc(C)c(B(c2cccc3c2Oc2c(Br)cccc2C3(C)C)c2c(C)cc(C)cc2C)c(C)c1. The summed E-state index contributed by atoms with van der Waals surface area (Å²) in [6.07, 6.45) is 0. The zero-order valence-electron chi connectivity index (χ0n) is 22.6. The van der Waals surface area contributed by atoms with Crippen molar-refractivity contribution in [1.82, 2.24) is 0 Å². The minimum atomic E-state index is -0.179. The number of ether oxygens (including phenoxy) is 1.